The van der Waals surface area contributed by atoms with E-state index in [9.17, 15) is 14.7 Å². The Balaban J connectivity index is 0.00000272. The molecule has 31 heavy (non-hydrogen) atoms. The minimum Gasteiger partial charge on any atom is -0.372 e. The van der Waals surface area contributed by atoms with Crippen LogP contribution in [-0.4, -0.2) is 48.0 Å². The summed E-state index contributed by atoms with van der Waals surface area (Å²) in [6, 6.07) is 9.90. The van der Waals surface area contributed by atoms with E-state index >= 15 is 0 Å². The molecule has 166 valence electrons. The first-order valence-electron chi connectivity index (χ1n) is 9.88. The smallest absolute Gasteiger partial charge is 0.268 e. The van der Waals surface area contributed by atoms with Crippen LogP contribution < -0.4 is 10.6 Å². The van der Waals surface area contributed by atoms with Crippen LogP contribution in [-0.2, 0) is 10.4 Å². The summed E-state index contributed by atoms with van der Waals surface area (Å²) in [5.41, 5.74) is 4.48. The molecule has 2 unspecified atom stereocenters. The molecule has 9 heteroatoms. The van der Waals surface area contributed by atoms with Crippen LogP contribution in [0.25, 0.3) is 0 Å². The average Bonchev–Trinajstić information content (AvgIpc) is 3.20. The number of carbonyl (C=O) groups excluding carboxylic acids is 2. The van der Waals surface area contributed by atoms with Gasteiger partial charge in [0, 0.05) is 34.3 Å². The van der Waals surface area contributed by atoms with Gasteiger partial charge >= 0.3 is 0 Å². The van der Waals surface area contributed by atoms with Crippen molar-refractivity contribution in [3.8, 4) is 0 Å². The van der Waals surface area contributed by atoms with Crippen LogP contribution in [0.1, 0.15) is 40.7 Å². The summed E-state index contributed by atoms with van der Waals surface area (Å²) in [5, 5.41) is 12.1. The maximum absolute atomic E-state index is 13.6. The van der Waals surface area contributed by atoms with Crippen molar-refractivity contribution in [3.63, 3.8) is 0 Å². The van der Waals surface area contributed by atoms with Gasteiger partial charge in [0.05, 0.1) is 10.7 Å². The van der Waals surface area contributed by atoms with E-state index in [4.69, 9.17) is 28.9 Å². The first-order valence-corrected chi connectivity index (χ1v) is 10.6. The zero-order chi connectivity index (χ0) is 21.6. The third-order valence-electron chi connectivity index (χ3n) is 6.18. The maximum Gasteiger partial charge on any atom is 0.268 e. The number of aliphatic hydroxyl groups is 1. The molecule has 2 atom stereocenters. The number of anilines is 1. The van der Waals surface area contributed by atoms with Gasteiger partial charge in [-0.2, -0.15) is 0 Å². The molecule has 0 saturated carbocycles. The third kappa shape index (κ3) is 3.92. The first kappa shape index (κ1) is 23.8. The van der Waals surface area contributed by atoms with Crippen molar-refractivity contribution in [2.45, 2.75) is 30.9 Å². The number of nitrogens with two attached hydrogens (primary N) is 1. The monoisotopic (exact) mass is 483 g/mol. The van der Waals surface area contributed by atoms with Gasteiger partial charge in [-0.3, -0.25) is 9.59 Å². The predicted octanol–water partition coefficient (Wildman–Crippen LogP) is 3.58. The van der Waals surface area contributed by atoms with E-state index in [0.717, 1.165) is 25.8 Å². The molecular formula is C22H24Cl3N3O3. The van der Waals surface area contributed by atoms with Gasteiger partial charge in [0.25, 0.3) is 5.91 Å². The quantitative estimate of drug-likeness (QED) is 0.679. The van der Waals surface area contributed by atoms with Gasteiger partial charge in [-0.15, -0.1) is 12.4 Å². The van der Waals surface area contributed by atoms with Crippen LogP contribution in [0.5, 0.6) is 0 Å². The molecule has 2 heterocycles. The van der Waals surface area contributed by atoms with Crippen LogP contribution >= 0.6 is 35.6 Å². The Morgan fingerprint density at radius 1 is 1.26 bits per heavy atom. The highest BCUT2D eigenvalue weighted by Crippen LogP contribution is 2.50. The van der Waals surface area contributed by atoms with Crippen molar-refractivity contribution in [1.29, 1.82) is 0 Å². The van der Waals surface area contributed by atoms with E-state index in [1.165, 1.54) is 17.0 Å². The Hall–Kier alpha value is -1.83. The molecule has 4 rings (SSSR count). The maximum atomic E-state index is 13.6. The summed E-state index contributed by atoms with van der Waals surface area (Å²) in [6.07, 6.45) is 2.91. The van der Waals surface area contributed by atoms with Gasteiger partial charge < -0.3 is 20.6 Å². The van der Waals surface area contributed by atoms with Crippen molar-refractivity contribution in [2.75, 3.05) is 25.0 Å². The number of primary amides is 1. The second kappa shape index (κ2) is 8.96. The molecule has 0 spiro atoms. The van der Waals surface area contributed by atoms with Crippen molar-refractivity contribution in [3.05, 3.63) is 63.1 Å². The van der Waals surface area contributed by atoms with Crippen molar-refractivity contribution >= 4 is 53.1 Å². The topological polar surface area (TPSA) is 86.9 Å². The molecule has 2 aromatic rings. The van der Waals surface area contributed by atoms with Gasteiger partial charge in [0.1, 0.15) is 0 Å². The highest BCUT2D eigenvalue weighted by molar-refractivity contribution is 6.35. The largest absolute Gasteiger partial charge is 0.372 e. The number of hydrogen-bond acceptors (Lipinski definition) is 4. The lowest BCUT2D eigenvalue weighted by Crippen LogP contribution is -2.43. The zero-order valence-corrected chi connectivity index (χ0v) is 19.3. The van der Waals surface area contributed by atoms with Crippen LogP contribution in [0.3, 0.4) is 0 Å². The Bertz CT molecular complexity index is 1030. The average molecular weight is 485 g/mol. The number of amides is 2. The molecule has 2 aliphatic rings. The van der Waals surface area contributed by atoms with E-state index in [1.54, 1.807) is 24.3 Å². The van der Waals surface area contributed by atoms with E-state index in [1.807, 2.05) is 0 Å². The molecule has 2 amide bonds. The van der Waals surface area contributed by atoms with Gasteiger partial charge in [-0.05, 0) is 51.1 Å². The number of carbonyl (C=O) groups is 2. The number of fused-ring (bicyclic) bond motifs is 1. The lowest BCUT2D eigenvalue weighted by Gasteiger charge is -2.26. The molecule has 2 aromatic carbocycles. The first-order chi connectivity index (χ1) is 14.2. The number of hydrogen-bond donors (Lipinski definition) is 2. The van der Waals surface area contributed by atoms with E-state index in [-0.39, 0.29) is 39.1 Å². The molecule has 1 fully saturated rings. The molecule has 0 aliphatic carbocycles. The molecule has 6 nitrogen and oxygen atoms in total. The molecule has 0 aromatic heterocycles. The lowest BCUT2D eigenvalue weighted by molar-refractivity contribution is -0.132. The van der Waals surface area contributed by atoms with Crippen molar-refractivity contribution < 1.29 is 14.7 Å². The van der Waals surface area contributed by atoms with Crippen molar-refractivity contribution in [1.82, 2.24) is 4.90 Å². The fourth-order valence-corrected chi connectivity index (χ4v) is 5.19. The molecule has 0 radical (unpaired) electrons. The van der Waals surface area contributed by atoms with Crippen LogP contribution in [0, 0.1) is 0 Å². The van der Waals surface area contributed by atoms with Gasteiger partial charge in [-0.1, -0.05) is 41.4 Å². The number of rotatable bonds is 5. The number of nitrogens with zero attached hydrogens (tertiary/aromatic N) is 2. The van der Waals surface area contributed by atoms with E-state index in [0.29, 0.717) is 18.3 Å². The third-order valence-corrected chi connectivity index (χ3v) is 6.81. The fourth-order valence-electron chi connectivity index (χ4n) is 4.57. The van der Waals surface area contributed by atoms with Crippen molar-refractivity contribution in [2.24, 2.45) is 5.73 Å². The minimum atomic E-state index is -2.04. The van der Waals surface area contributed by atoms with Crippen LogP contribution in [0.4, 0.5) is 5.69 Å². The Kier molecular flexibility index (Phi) is 6.89. The summed E-state index contributed by atoms with van der Waals surface area (Å²) in [6.45, 7) is 1.41. The SMILES string of the molecule is CN1CCCC1CCN1C(=O)C(O)(c2ccccc2Cl)c2c(Cl)cc(C(N)=O)cc21.Cl. The number of likely N-dealkylation sites (tertiary alicyclic amines) is 1. The lowest BCUT2D eigenvalue weighted by atomic mass is 9.87. The summed E-state index contributed by atoms with van der Waals surface area (Å²) in [7, 11) is 2.07. The standard InChI is InChI=1S/C22H23Cl2N3O3.ClH/c1-26-9-4-5-14(26)8-10-27-18-12-13(20(25)28)11-17(24)19(18)22(30,21(27)29)15-6-2-3-7-16(15)23;/h2-3,6-7,11-12,14,30H,4-5,8-10H2,1H3,(H2,25,28);1H. The normalized spacial score (nSPS) is 23.0. The fraction of sp³-hybridized carbons (Fsp3) is 0.364. The Labute approximate surface area is 197 Å². The highest BCUT2D eigenvalue weighted by atomic mass is 35.5. The summed E-state index contributed by atoms with van der Waals surface area (Å²) in [5.74, 6) is -1.19. The second-order valence-electron chi connectivity index (χ2n) is 7.93. The highest BCUT2D eigenvalue weighted by Gasteiger charge is 2.53. The molecule has 3 N–H and O–H groups in total. The zero-order valence-electron chi connectivity index (χ0n) is 17.0. The summed E-state index contributed by atoms with van der Waals surface area (Å²) >= 11 is 12.8. The molecule has 1 saturated heterocycles. The second-order valence-corrected chi connectivity index (χ2v) is 8.74. The summed E-state index contributed by atoms with van der Waals surface area (Å²) in [4.78, 5) is 29.2. The van der Waals surface area contributed by atoms with E-state index in [2.05, 4.69) is 11.9 Å². The number of halogens is 3. The van der Waals surface area contributed by atoms with Gasteiger partial charge in [0.15, 0.2) is 5.60 Å². The molecule has 2 aliphatic heterocycles. The predicted molar refractivity (Wildman–Crippen MR) is 124 cm³/mol. The Morgan fingerprint density at radius 2 is 1.97 bits per heavy atom. The number of benzene rings is 2. The molecule has 0 bridgehead atoms. The molecular weight excluding hydrogens is 461 g/mol. The minimum absolute atomic E-state index is 0. The van der Waals surface area contributed by atoms with Crippen LogP contribution in [0.15, 0.2) is 36.4 Å². The summed E-state index contributed by atoms with van der Waals surface area (Å²) < 4.78 is 0. The van der Waals surface area contributed by atoms with Crippen LogP contribution in [0.2, 0.25) is 10.0 Å². The van der Waals surface area contributed by atoms with Gasteiger partial charge in [0.2, 0.25) is 5.91 Å². The van der Waals surface area contributed by atoms with Gasteiger partial charge in [-0.25, -0.2) is 0 Å². The Morgan fingerprint density at radius 3 is 2.58 bits per heavy atom. The van der Waals surface area contributed by atoms with E-state index < -0.39 is 17.4 Å².